The van der Waals surface area contributed by atoms with Gasteiger partial charge in [-0.05, 0) is 77.0 Å². The van der Waals surface area contributed by atoms with Gasteiger partial charge in [0.15, 0.2) is 6.29 Å². The smallest absolute Gasteiger partial charge is 0.306 e. The Labute approximate surface area is 335 Å². The van der Waals surface area contributed by atoms with E-state index >= 15 is 0 Å². The van der Waals surface area contributed by atoms with Crippen molar-refractivity contribution in [2.45, 2.75) is 211 Å². The molecule has 0 spiro atoms. The molecule has 1 fully saturated rings. The van der Waals surface area contributed by atoms with Gasteiger partial charge in [0.2, 0.25) is 0 Å². The highest BCUT2D eigenvalue weighted by molar-refractivity contribution is 5.69. The Hall–Kier alpha value is -1.85. The van der Waals surface area contributed by atoms with Gasteiger partial charge in [-0.25, -0.2) is 0 Å². The Morgan fingerprint density at radius 2 is 1.05 bits per heavy atom. The van der Waals surface area contributed by atoms with E-state index < -0.39 is 43.4 Å². The van der Waals surface area contributed by atoms with Crippen LogP contribution in [-0.2, 0) is 23.7 Å². The van der Waals surface area contributed by atoms with Crippen LogP contribution in [0.25, 0.3) is 0 Å². The van der Waals surface area contributed by atoms with Gasteiger partial charge in [0.1, 0.15) is 30.5 Å². The van der Waals surface area contributed by atoms with Crippen LogP contribution in [0.1, 0.15) is 174 Å². The molecule has 0 bridgehead atoms. The SMILES string of the molecule is CCCCC/C=C\C/C=C\CCCCCCCCOCC(COC1OC(CO)C(O)C(O)C1O)OC(=O)CCCCCCC/C=C\C/C=C\CCCCCC. The third kappa shape index (κ3) is 29.1. The van der Waals surface area contributed by atoms with Gasteiger partial charge < -0.3 is 39.4 Å². The molecule has 0 aromatic rings. The summed E-state index contributed by atoms with van der Waals surface area (Å²) in [5.74, 6) is -0.332. The Bertz CT molecular complexity index is 978. The summed E-state index contributed by atoms with van der Waals surface area (Å²) in [4.78, 5) is 12.8. The first kappa shape index (κ1) is 51.2. The number of carbonyl (C=O) groups is 1. The lowest BCUT2D eigenvalue weighted by Gasteiger charge is -2.39. The number of aliphatic hydroxyl groups excluding tert-OH is 4. The third-order valence-electron chi connectivity index (χ3n) is 9.97. The van der Waals surface area contributed by atoms with Crippen LogP contribution in [-0.4, -0.2) is 89.6 Å². The van der Waals surface area contributed by atoms with Crippen molar-refractivity contribution in [1.82, 2.24) is 0 Å². The predicted molar refractivity (Wildman–Crippen MR) is 224 cm³/mol. The predicted octanol–water partition coefficient (Wildman–Crippen LogP) is 9.75. The topological polar surface area (TPSA) is 135 Å². The molecule has 1 aliphatic rings. The normalized spacial score (nSPS) is 21.2. The molecule has 4 N–H and O–H groups in total. The van der Waals surface area contributed by atoms with Gasteiger partial charge in [-0.1, -0.05) is 140 Å². The molecular weight excluding hydrogens is 696 g/mol. The number of allylic oxidation sites excluding steroid dienone is 8. The van der Waals surface area contributed by atoms with Crippen molar-refractivity contribution < 1.29 is 44.2 Å². The van der Waals surface area contributed by atoms with Gasteiger partial charge in [0.25, 0.3) is 0 Å². The monoisotopic (exact) mass is 779 g/mol. The van der Waals surface area contributed by atoms with Crippen LogP contribution in [0, 0.1) is 0 Å². The van der Waals surface area contributed by atoms with E-state index in [1.165, 1.54) is 77.0 Å². The summed E-state index contributed by atoms with van der Waals surface area (Å²) < 4.78 is 22.8. The van der Waals surface area contributed by atoms with E-state index in [1.54, 1.807) is 0 Å². The molecule has 55 heavy (non-hydrogen) atoms. The van der Waals surface area contributed by atoms with Crippen molar-refractivity contribution in [3.05, 3.63) is 48.6 Å². The van der Waals surface area contributed by atoms with Crippen LogP contribution >= 0.6 is 0 Å². The maximum atomic E-state index is 12.8. The van der Waals surface area contributed by atoms with Crippen molar-refractivity contribution in [1.29, 1.82) is 0 Å². The zero-order valence-corrected chi connectivity index (χ0v) is 34.9. The van der Waals surface area contributed by atoms with Gasteiger partial charge in [-0.3, -0.25) is 4.79 Å². The molecule has 0 aromatic heterocycles. The average Bonchev–Trinajstić information content (AvgIpc) is 3.18. The number of rotatable bonds is 37. The van der Waals surface area contributed by atoms with Gasteiger partial charge in [0, 0.05) is 13.0 Å². The van der Waals surface area contributed by atoms with Crippen LogP contribution in [0.15, 0.2) is 48.6 Å². The lowest BCUT2D eigenvalue weighted by molar-refractivity contribution is -0.305. The van der Waals surface area contributed by atoms with E-state index in [4.69, 9.17) is 18.9 Å². The van der Waals surface area contributed by atoms with Crippen molar-refractivity contribution in [2.75, 3.05) is 26.4 Å². The number of carbonyl (C=O) groups excluding carboxylic acids is 1. The van der Waals surface area contributed by atoms with E-state index in [-0.39, 0.29) is 19.2 Å². The van der Waals surface area contributed by atoms with Crippen LogP contribution in [0.3, 0.4) is 0 Å². The van der Waals surface area contributed by atoms with Crippen LogP contribution < -0.4 is 0 Å². The van der Waals surface area contributed by atoms with E-state index in [1.807, 2.05) is 0 Å². The first-order valence-corrected chi connectivity index (χ1v) is 22.2. The molecule has 1 aliphatic heterocycles. The zero-order chi connectivity index (χ0) is 40.0. The fraction of sp³-hybridized carbons (Fsp3) is 0.804. The molecule has 1 rings (SSSR count). The van der Waals surface area contributed by atoms with E-state index in [0.29, 0.717) is 13.0 Å². The van der Waals surface area contributed by atoms with Crippen LogP contribution in [0.4, 0.5) is 0 Å². The number of aliphatic hydroxyl groups is 4. The Morgan fingerprint density at radius 1 is 0.582 bits per heavy atom. The molecular formula is C46H82O9. The number of unbranched alkanes of at least 4 members (excludes halogenated alkanes) is 18. The molecule has 0 aromatic carbocycles. The van der Waals surface area contributed by atoms with E-state index in [9.17, 15) is 25.2 Å². The largest absolute Gasteiger partial charge is 0.457 e. The molecule has 6 unspecified atom stereocenters. The summed E-state index contributed by atoms with van der Waals surface area (Å²) in [5.41, 5.74) is 0. The van der Waals surface area contributed by atoms with Gasteiger partial charge in [0.05, 0.1) is 19.8 Å². The molecule has 0 radical (unpaired) electrons. The summed E-state index contributed by atoms with van der Waals surface area (Å²) in [5, 5.41) is 40.1. The number of hydrogen-bond donors (Lipinski definition) is 4. The van der Waals surface area contributed by atoms with Gasteiger partial charge in [-0.15, -0.1) is 0 Å². The second-order valence-electron chi connectivity index (χ2n) is 15.1. The summed E-state index contributed by atoms with van der Waals surface area (Å²) in [7, 11) is 0. The molecule has 0 aliphatic carbocycles. The number of esters is 1. The maximum Gasteiger partial charge on any atom is 0.306 e. The second-order valence-corrected chi connectivity index (χ2v) is 15.1. The summed E-state index contributed by atoms with van der Waals surface area (Å²) in [6.45, 7) is 4.47. The van der Waals surface area contributed by atoms with Crippen molar-refractivity contribution in [3.63, 3.8) is 0 Å². The fourth-order valence-electron chi connectivity index (χ4n) is 6.43. The summed E-state index contributed by atoms with van der Waals surface area (Å²) in [6, 6.07) is 0. The van der Waals surface area contributed by atoms with Gasteiger partial charge in [-0.2, -0.15) is 0 Å². The van der Waals surface area contributed by atoms with Crippen LogP contribution in [0.2, 0.25) is 0 Å². The Morgan fingerprint density at radius 3 is 1.60 bits per heavy atom. The molecule has 1 heterocycles. The minimum atomic E-state index is -1.54. The molecule has 6 atom stereocenters. The maximum absolute atomic E-state index is 12.8. The van der Waals surface area contributed by atoms with Gasteiger partial charge >= 0.3 is 5.97 Å². The highest BCUT2D eigenvalue weighted by Crippen LogP contribution is 2.22. The highest BCUT2D eigenvalue weighted by atomic mass is 16.7. The lowest BCUT2D eigenvalue weighted by atomic mass is 9.99. The minimum Gasteiger partial charge on any atom is -0.457 e. The fourth-order valence-corrected chi connectivity index (χ4v) is 6.43. The molecule has 9 nitrogen and oxygen atoms in total. The number of hydrogen-bond acceptors (Lipinski definition) is 9. The molecule has 0 amide bonds. The average molecular weight is 779 g/mol. The standard InChI is InChI=1S/C46H82O9/c1-3-5-7-9-11-13-15-17-19-21-23-25-27-29-31-33-35-42(48)54-40(39-53-46-45(51)44(50)43(49)41(37-47)55-46)38-52-36-34-32-30-28-26-24-22-20-18-16-14-12-10-8-6-4-2/h12-15,18-21,40-41,43-47,49-51H,3-11,16-17,22-39H2,1-2H3/b14-12-,15-13-,20-18-,21-19-. The van der Waals surface area contributed by atoms with Crippen molar-refractivity contribution in [2.24, 2.45) is 0 Å². The highest BCUT2D eigenvalue weighted by Gasteiger charge is 2.44. The summed E-state index contributed by atoms with van der Waals surface area (Å²) in [6.07, 6.45) is 38.4. The van der Waals surface area contributed by atoms with E-state index in [2.05, 4.69) is 62.5 Å². The first-order valence-electron chi connectivity index (χ1n) is 22.2. The zero-order valence-electron chi connectivity index (χ0n) is 34.9. The third-order valence-corrected chi connectivity index (χ3v) is 9.97. The molecule has 9 heteroatoms. The first-order chi connectivity index (χ1) is 26.9. The number of ether oxygens (including phenoxy) is 4. The van der Waals surface area contributed by atoms with E-state index in [0.717, 1.165) is 77.0 Å². The molecule has 1 saturated heterocycles. The Kier molecular flexibility index (Phi) is 35.1. The Balaban J connectivity index is 2.30. The quantitative estimate of drug-likeness (QED) is 0.0276. The summed E-state index contributed by atoms with van der Waals surface area (Å²) >= 11 is 0. The molecule has 0 saturated carbocycles. The second kappa shape index (κ2) is 37.7. The molecule has 320 valence electrons. The van der Waals surface area contributed by atoms with Crippen molar-refractivity contribution >= 4 is 5.97 Å². The minimum absolute atomic E-state index is 0.125. The lowest BCUT2D eigenvalue weighted by Crippen LogP contribution is -2.59. The van der Waals surface area contributed by atoms with Crippen molar-refractivity contribution in [3.8, 4) is 0 Å². The van der Waals surface area contributed by atoms with Crippen LogP contribution in [0.5, 0.6) is 0 Å².